The Kier molecular flexibility index (Phi) is 6.38. The Bertz CT molecular complexity index is 2840. The average molecular weight is 655 g/mol. The summed E-state index contributed by atoms with van der Waals surface area (Å²) in [6.45, 7) is 9.08. The molecule has 10 rings (SSSR count). The highest BCUT2D eigenvalue weighted by atomic mass is 15.1. The molecule has 0 saturated carbocycles. The number of aryl methyl sites for hydroxylation is 2. The second kappa shape index (κ2) is 10.9. The minimum atomic E-state index is -0.0676. The summed E-state index contributed by atoms with van der Waals surface area (Å²) in [7, 11) is 0. The van der Waals surface area contributed by atoms with Crippen LogP contribution in [0.2, 0.25) is 0 Å². The van der Waals surface area contributed by atoms with E-state index in [4.69, 9.17) is 0 Å². The first-order chi connectivity index (χ1) is 24.8. The molecule has 0 saturated heterocycles. The van der Waals surface area contributed by atoms with Crippen LogP contribution in [-0.2, 0) is 5.41 Å². The van der Waals surface area contributed by atoms with Crippen molar-refractivity contribution in [3.63, 3.8) is 0 Å². The van der Waals surface area contributed by atoms with Gasteiger partial charge in [0.25, 0.3) is 0 Å². The summed E-state index contributed by atoms with van der Waals surface area (Å²) in [5.41, 5.74) is 15.0. The van der Waals surface area contributed by atoms with E-state index in [0.29, 0.717) is 0 Å². The molecule has 0 fully saturated rings. The van der Waals surface area contributed by atoms with Gasteiger partial charge in [-0.15, -0.1) is 0 Å². The highest BCUT2D eigenvalue weighted by Gasteiger charge is 2.34. The molecule has 0 amide bonds. The van der Waals surface area contributed by atoms with E-state index in [9.17, 15) is 0 Å². The minimum Gasteiger partial charge on any atom is -0.310 e. The normalized spacial score (nSPS) is 13.3. The Balaban J connectivity index is 1.11. The summed E-state index contributed by atoms with van der Waals surface area (Å²) in [6.07, 6.45) is 0. The van der Waals surface area contributed by atoms with Gasteiger partial charge in [0, 0.05) is 32.9 Å². The Hall–Kier alpha value is -6.12. The van der Waals surface area contributed by atoms with Crippen LogP contribution >= 0.6 is 0 Å². The molecule has 0 radical (unpaired) electrons. The molecule has 1 aromatic heterocycles. The van der Waals surface area contributed by atoms with Gasteiger partial charge in [-0.1, -0.05) is 117 Å². The molecule has 9 aromatic rings. The minimum absolute atomic E-state index is 0.0676. The Labute approximate surface area is 298 Å². The largest absolute Gasteiger partial charge is 0.310 e. The molecule has 1 aliphatic rings. The number of para-hydroxylation sites is 2. The molecule has 244 valence electrons. The first-order valence-corrected chi connectivity index (χ1v) is 17.9. The zero-order valence-corrected chi connectivity index (χ0v) is 29.4. The Morgan fingerprint density at radius 1 is 0.471 bits per heavy atom. The quantitative estimate of drug-likeness (QED) is 0.183. The van der Waals surface area contributed by atoms with Crippen molar-refractivity contribution in [2.75, 3.05) is 4.90 Å². The van der Waals surface area contributed by atoms with Crippen LogP contribution in [0, 0.1) is 13.8 Å². The molecule has 0 spiro atoms. The van der Waals surface area contributed by atoms with E-state index < -0.39 is 0 Å². The van der Waals surface area contributed by atoms with Crippen LogP contribution in [0.25, 0.3) is 60.2 Å². The maximum absolute atomic E-state index is 2.49. The third-order valence-electron chi connectivity index (χ3n) is 11.2. The number of benzene rings is 8. The number of aromatic nitrogens is 1. The summed E-state index contributed by atoms with van der Waals surface area (Å²) in [6, 6.07) is 58.7. The van der Waals surface area contributed by atoms with Crippen molar-refractivity contribution >= 4 is 60.4 Å². The highest BCUT2D eigenvalue weighted by Crippen LogP contribution is 2.48. The third-order valence-corrected chi connectivity index (χ3v) is 11.2. The van der Waals surface area contributed by atoms with Crippen molar-refractivity contribution in [2.24, 2.45) is 0 Å². The number of hydrogen-bond acceptors (Lipinski definition) is 1. The van der Waals surface area contributed by atoms with Crippen molar-refractivity contribution in [1.29, 1.82) is 0 Å². The smallest absolute Gasteiger partial charge is 0.0582 e. The number of rotatable bonds is 4. The van der Waals surface area contributed by atoms with E-state index in [1.807, 2.05) is 0 Å². The predicted octanol–water partition coefficient (Wildman–Crippen LogP) is 13.5. The van der Waals surface area contributed by atoms with Crippen molar-refractivity contribution < 1.29 is 0 Å². The van der Waals surface area contributed by atoms with E-state index in [1.54, 1.807) is 0 Å². The van der Waals surface area contributed by atoms with Crippen LogP contribution in [0.1, 0.15) is 36.1 Å². The standard InChI is InChI=1S/C49H38N2/c1-31-25-32(2)27-39(26-31)50(45-18-9-12-33-11-5-6-13-40(33)45)38-23-21-35-28-34(19-20-36(35)29-38)37-22-24-46-42(30-37)41-14-10-16-44-48(41)51(46)47-17-8-7-15-43(47)49(44,3)4/h5-30H,1-4H3. The third kappa shape index (κ3) is 4.49. The summed E-state index contributed by atoms with van der Waals surface area (Å²) in [4.78, 5) is 2.42. The van der Waals surface area contributed by atoms with Gasteiger partial charge in [-0.25, -0.2) is 0 Å². The predicted molar refractivity (Wildman–Crippen MR) is 218 cm³/mol. The molecule has 2 nitrogen and oxygen atoms in total. The fraction of sp³-hybridized carbons (Fsp3) is 0.102. The molecular weight excluding hydrogens is 617 g/mol. The highest BCUT2D eigenvalue weighted by molar-refractivity contribution is 6.13. The SMILES string of the molecule is Cc1cc(C)cc(N(c2ccc3cc(-c4ccc5c(c4)c4cccc6c4n5-c4ccccc4C6(C)C)ccc3c2)c2cccc3ccccc23)c1. The number of hydrogen-bond donors (Lipinski definition) is 0. The van der Waals surface area contributed by atoms with Gasteiger partial charge in [0.05, 0.1) is 22.4 Å². The Morgan fingerprint density at radius 2 is 1.14 bits per heavy atom. The van der Waals surface area contributed by atoms with Crippen molar-refractivity contribution in [3.8, 4) is 16.8 Å². The molecule has 0 atom stereocenters. The first-order valence-electron chi connectivity index (χ1n) is 17.9. The zero-order valence-electron chi connectivity index (χ0n) is 29.4. The van der Waals surface area contributed by atoms with E-state index in [1.165, 1.54) is 93.8 Å². The lowest BCUT2D eigenvalue weighted by Gasteiger charge is -2.34. The van der Waals surface area contributed by atoms with Gasteiger partial charge in [0.2, 0.25) is 0 Å². The first kappa shape index (κ1) is 29.8. The average Bonchev–Trinajstić information content (AvgIpc) is 3.48. The van der Waals surface area contributed by atoms with Crippen molar-refractivity contribution in [1.82, 2.24) is 4.57 Å². The van der Waals surface area contributed by atoms with Gasteiger partial charge in [0.1, 0.15) is 0 Å². The van der Waals surface area contributed by atoms with Crippen molar-refractivity contribution in [3.05, 3.63) is 180 Å². The van der Waals surface area contributed by atoms with Crippen LogP contribution in [-0.4, -0.2) is 4.57 Å². The van der Waals surface area contributed by atoms with Crippen LogP contribution in [0.15, 0.2) is 158 Å². The molecular formula is C49H38N2. The van der Waals surface area contributed by atoms with E-state index in [-0.39, 0.29) is 5.41 Å². The second-order valence-corrected chi connectivity index (χ2v) is 14.8. The summed E-state index contributed by atoms with van der Waals surface area (Å²) in [5, 5.41) is 7.54. The van der Waals surface area contributed by atoms with Crippen LogP contribution in [0.3, 0.4) is 0 Å². The van der Waals surface area contributed by atoms with Crippen LogP contribution in [0.4, 0.5) is 17.1 Å². The van der Waals surface area contributed by atoms with E-state index >= 15 is 0 Å². The molecule has 51 heavy (non-hydrogen) atoms. The van der Waals surface area contributed by atoms with Crippen LogP contribution < -0.4 is 4.90 Å². The maximum Gasteiger partial charge on any atom is 0.0582 e. The fourth-order valence-electron chi connectivity index (χ4n) is 8.81. The molecule has 0 unspecified atom stereocenters. The molecule has 2 heteroatoms. The Morgan fingerprint density at radius 3 is 2.02 bits per heavy atom. The lowest BCUT2D eigenvalue weighted by molar-refractivity contribution is 0.630. The lowest BCUT2D eigenvalue weighted by atomic mass is 9.75. The fourth-order valence-corrected chi connectivity index (χ4v) is 8.81. The molecule has 2 heterocycles. The van der Waals surface area contributed by atoms with Gasteiger partial charge >= 0.3 is 0 Å². The summed E-state index contributed by atoms with van der Waals surface area (Å²) in [5.74, 6) is 0. The zero-order chi connectivity index (χ0) is 34.4. The molecule has 0 aliphatic carbocycles. The van der Waals surface area contributed by atoms with Gasteiger partial charge in [0.15, 0.2) is 0 Å². The van der Waals surface area contributed by atoms with E-state index in [2.05, 4.69) is 195 Å². The molecule has 8 aromatic carbocycles. The topological polar surface area (TPSA) is 8.17 Å². The van der Waals surface area contributed by atoms with Gasteiger partial charge < -0.3 is 9.47 Å². The monoisotopic (exact) mass is 654 g/mol. The summed E-state index contributed by atoms with van der Waals surface area (Å²) < 4.78 is 2.49. The van der Waals surface area contributed by atoms with Gasteiger partial charge in [-0.2, -0.15) is 0 Å². The molecule has 0 bridgehead atoms. The number of anilines is 3. The van der Waals surface area contributed by atoms with Gasteiger partial charge in [-0.05, 0) is 118 Å². The second-order valence-electron chi connectivity index (χ2n) is 14.8. The van der Waals surface area contributed by atoms with Crippen molar-refractivity contribution in [2.45, 2.75) is 33.1 Å². The maximum atomic E-state index is 2.49. The van der Waals surface area contributed by atoms with Crippen LogP contribution in [0.5, 0.6) is 0 Å². The number of nitrogens with zero attached hydrogens (tertiary/aromatic N) is 2. The summed E-state index contributed by atoms with van der Waals surface area (Å²) >= 11 is 0. The molecule has 0 N–H and O–H groups in total. The van der Waals surface area contributed by atoms with E-state index in [0.717, 1.165) is 5.69 Å². The lowest BCUT2D eigenvalue weighted by Crippen LogP contribution is -2.26. The number of fused-ring (bicyclic) bond motifs is 7. The van der Waals surface area contributed by atoms with Gasteiger partial charge in [-0.3, -0.25) is 0 Å². The molecule has 1 aliphatic heterocycles.